The quantitative estimate of drug-likeness (QED) is 0.745. The minimum absolute atomic E-state index is 0.0107. The number of amides is 1. The third kappa shape index (κ3) is 2.11. The SMILES string of the molecule is O=C(c1ccccn1)N1CCC2(CC1)OCCO2. The fourth-order valence-electron chi connectivity index (χ4n) is 2.49. The Morgan fingerprint density at radius 1 is 1.22 bits per heavy atom. The van der Waals surface area contributed by atoms with Crippen LogP contribution in [0, 0.1) is 0 Å². The summed E-state index contributed by atoms with van der Waals surface area (Å²) in [5.74, 6) is -0.440. The zero-order valence-corrected chi connectivity index (χ0v) is 10.2. The summed E-state index contributed by atoms with van der Waals surface area (Å²) in [7, 11) is 0. The van der Waals surface area contributed by atoms with E-state index in [4.69, 9.17) is 9.47 Å². The zero-order chi connectivity index (χ0) is 12.4. The van der Waals surface area contributed by atoms with Crippen molar-refractivity contribution in [2.75, 3.05) is 26.3 Å². The lowest BCUT2D eigenvalue weighted by molar-refractivity contribution is -0.181. The second-order valence-electron chi connectivity index (χ2n) is 4.61. The third-order valence-electron chi connectivity index (χ3n) is 3.51. The highest BCUT2D eigenvalue weighted by atomic mass is 16.7. The van der Waals surface area contributed by atoms with E-state index in [1.54, 1.807) is 12.3 Å². The maximum Gasteiger partial charge on any atom is 0.272 e. The molecule has 0 unspecified atom stereocenters. The number of carbonyl (C=O) groups is 1. The van der Waals surface area contributed by atoms with Gasteiger partial charge >= 0.3 is 0 Å². The molecule has 0 bridgehead atoms. The molecule has 0 aliphatic carbocycles. The summed E-state index contributed by atoms with van der Waals surface area (Å²) >= 11 is 0. The van der Waals surface area contributed by atoms with Crippen LogP contribution in [-0.2, 0) is 9.47 Å². The Morgan fingerprint density at radius 3 is 2.56 bits per heavy atom. The second-order valence-corrected chi connectivity index (χ2v) is 4.61. The molecule has 1 aromatic heterocycles. The van der Waals surface area contributed by atoms with E-state index in [1.807, 2.05) is 17.0 Å². The van der Waals surface area contributed by atoms with Crippen LogP contribution >= 0.6 is 0 Å². The van der Waals surface area contributed by atoms with Crippen LogP contribution in [0.25, 0.3) is 0 Å². The van der Waals surface area contributed by atoms with Gasteiger partial charge in [0, 0.05) is 32.1 Å². The predicted molar refractivity (Wildman–Crippen MR) is 64.0 cm³/mol. The van der Waals surface area contributed by atoms with Gasteiger partial charge in [0.25, 0.3) is 5.91 Å². The van der Waals surface area contributed by atoms with Gasteiger partial charge in [-0.2, -0.15) is 0 Å². The molecule has 3 heterocycles. The van der Waals surface area contributed by atoms with Crippen LogP contribution in [0.5, 0.6) is 0 Å². The van der Waals surface area contributed by atoms with Crippen LogP contribution in [0.1, 0.15) is 23.3 Å². The largest absolute Gasteiger partial charge is 0.347 e. The monoisotopic (exact) mass is 248 g/mol. The van der Waals surface area contributed by atoms with E-state index in [9.17, 15) is 4.79 Å². The van der Waals surface area contributed by atoms with E-state index in [2.05, 4.69) is 4.98 Å². The van der Waals surface area contributed by atoms with Crippen LogP contribution in [0.4, 0.5) is 0 Å². The number of nitrogens with zero attached hydrogens (tertiary/aromatic N) is 2. The summed E-state index contributed by atoms with van der Waals surface area (Å²) in [6, 6.07) is 5.38. The van der Waals surface area contributed by atoms with Crippen molar-refractivity contribution in [1.82, 2.24) is 9.88 Å². The summed E-state index contributed by atoms with van der Waals surface area (Å²) in [5, 5.41) is 0. The average molecular weight is 248 g/mol. The molecule has 1 spiro atoms. The van der Waals surface area contributed by atoms with Crippen molar-refractivity contribution in [2.24, 2.45) is 0 Å². The highest BCUT2D eigenvalue weighted by molar-refractivity contribution is 5.92. The fourth-order valence-corrected chi connectivity index (χ4v) is 2.49. The molecular weight excluding hydrogens is 232 g/mol. The molecule has 1 aromatic rings. The summed E-state index contributed by atoms with van der Waals surface area (Å²) in [6.07, 6.45) is 3.12. The maximum atomic E-state index is 12.2. The topological polar surface area (TPSA) is 51.7 Å². The lowest BCUT2D eigenvalue weighted by atomic mass is 10.0. The number of rotatable bonds is 1. The number of hydrogen-bond donors (Lipinski definition) is 0. The molecule has 0 saturated carbocycles. The predicted octanol–water partition coefficient (Wildman–Crippen LogP) is 1.06. The molecule has 2 fully saturated rings. The van der Waals surface area contributed by atoms with E-state index in [-0.39, 0.29) is 5.91 Å². The first-order chi connectivity index (χ1) is 8.79. The Kier molecular flexibility index (Phi) is 3.01. The van der Waals surface area contributed by atoms with Crippen LogP contribution in [0.3, 0.4) is 0 Å². The second kappa shape index (κ2) is 4.66. The van der Waals surface area contributed by atoms with Gasteiger partial charge in [-0.1, -0.05) is 6.07 Å². The fraction of sp³-hybridized carbons (Fsp3) is 0.538. The summed E-state index contributed by atoms with van der Waals surface area (Å²) in [4.78, 5) is 18.1. The van der Waals surface area contributed by atoms with Crippen LogP contribution in [-0.4, -0.2) is 47.9 Å². The average Bonchev–Trinajstić information content (AvgIpc) is 2.88. The molecule has 96 valence electrons. The zero-order valence-electron chi connectivity index (χ0n) is 10.2. The van der Waals surface area contributed by atoms with Gasteiger partial charge in [-0.05, 0) is 12.1 Å². The first-order valence-corrected chi connectivity index (χ1v) is 6.27. The molecular formula is C13H16N2O3. The van der Waals surface area contributed by atoms with Gasteiger partial charge in [0.2, 0.25) is 0 Å². The van der Waals surface area contributed by atoms with E-state index < -0.39 is 5.79 Å². The first kappa shape index (κ1) is 11.6. The number of likely N-dealkylation sites (tertiary alicyclic amines) is 1. The highest BCUT2D eigenvalue weighted by Gasteiger charge is 2.40. The van der Waals surface area contributed by atoms with Crippen molar-refractivity contribution < 1.29 is 14.3 Å². The van der Waals surface area contributed by atoms with Gasteiger partial charge < -0.3 is 14.4 Å². The summed E-state index contributed by atoms with van der Waals surface area (Å²) in [6.45, 7) is 2.65. The smallest absolute Gasteiger partial charge is 0.272 e. The standard InChI is InChI=1S/C13H16N2O3/c16-12(11-3-1-2-6-14-11)15-7-4-13(5-8-15)17-9-10-18-13/h1-3,6H,4-5,7-10H2. The maximum absolute atomic E-state index is 12.2. The Hall–Kier alpha value is -1.46. The highest BCUT2D eigenvalue weighted by Crippen LogP contribution is 2.31. The molecule has 5 nitrogen and oxygen atoms in total. The molecule has 2 aliphatic rings. The minimum Gasteiger partial charge on any atom is -0.347 e. The van der Waals surface area contributed by atoms with Gasteiger partial charge in [0.15, 0.2) is 5.79 Å². The van der Waals surface area contributed by atoms with Gasteiger partial charge in [-0.25, -0.2) is 0 Å². The normalized spacial score (nSPS) is 22.3. The van der Waals surface area contributed by atoms with Crippen molar-refractivity contribution in [3.05, 3.63) is 30.1 Å². The molecule has 0 atom stereocenters. The van der Waals surface area contributed by atoms with Crippen LogP contribution in [0.15, 0.2) is 24.4 Å². The van der Waals surface area contributed by atoms with Crippen molar-refractivity contribution in [2.45, 2.75) is 18.6 Å². The van der Waals surface area contributed by atoms with Crippen LogP contribution in [0.2, 0.25) is 0 Å². The lowest BCUT2D eigenvalue weighted by Crippen LogP contribution is -2.47. The van der Waals surface area contributed by atoms with Crippen molar-refractivity contribution >= 4 is 5.91 Å². The summed E-state index contributed by atoms with van der Waals surface area (Å²) < 4.78 is 11.3. The minimum atomic E-state index is -0.430. The number of aromatic nitrogens is 1. The molecule has 5 heteroatoms. The number of piperidine rings is 1. The molecule has 0 N–H and O–H groups in total. The molecule has 0 aromatic carbocycles. The van der Waals surface area contributed by atoms with E-state index >= 15 is 0 Å². The van der Waals surface area contributed by atoms with Gasteiger partial charge in [-0.15, -0.1) is 0 Å². The van der Waals surface area contributed by atoms with E-state index in [1.165, 1.54) is 0 Å². The van der Waals surface area contributed by atoms with Gasteiger partial charge in [0.1, 0.15) is 5.69 Å². The van der Waals surface area contributed by atoms with Crippen molar-refractivity contribution in [3.63, 3.8) is 0 Å². The number of carbonyl (C=O) groups excluding carboxylic acids is 1. The lowest BCUT2D eigenvalue weighted by Gasteiger charge is -2.37. The molecule has 2 saturated heterocycles. The molecule has 3 rings (SSSR count). The molecule has 18 heavy (non-hydrogen) atoms. The van der Waals surface area contributed by atoms with E-state index in [0.29, 0.717) is 32.0 Å². The number of pyridine rings is 1. The Labute approximate surface area is 106 Å². The van der Waals surface area contributed by atoms with Crippen molar-refractivity contribution in [1.29, 1.82) is 0 Å². The van der Waals surface area contributed by atoms with Crippen LogP contribution < -0.4 is 0 Å². The van der Waals surface area contributed by atoms with Crippen molar-refractivity contribution in [3.8, 4) is 0 Å². The molecule has 1 amide bonds. The van der Waals surface area contributed by atoms with E-state index in [0.717, 1.165) is 12.8 Å². The molecule has 2 aliphatic heterocycles. The Morgan fingerprint density at radius 2 is 1.94 bits per heavy atom. The first-order valence-electron chi connectivity index (χ1n) is 6.27. The number of ether oxygens (including phenoxy) is 2. The van der Waals surface area contributed by atoms with Gasteiger partial charge in [-0.3, -0.25) is 9.78 Å². The Balaban J connectivity index is 1.64. The summed E-state index contributed by atoms with van der Waals surface area (Å²) in [5.41, 5.74) is 0.502. The molecule has 0 radical (unpaired) electrons. The third-order valence-corrected chi connectivity index (χ3v) is 3.51. The Bertz CT molecular complexity index is 419. The number of hydrogen-bond acceptors (Lipinski definition) is 4. The van der Waals surface area contributed by atoms with Gasteiger partial charge in [0.05, 0.1) is 13.2 Å².